The summed E-state index contributed by atoms with van der Waals surface area (Å²) in [4.78, 5) is 13.5. The minimum absolute atomic E-state index is 0.00124. The van der Waals surface area contributed by atoms with E-state index in [9.17, 15) is 9.36 Å². The third-order valence-electron chi connectivity index (χ3n) is 3.19. The van der Waals surface area contributed by atoms with Crippen molar-refractivity contribution in [2.24, 2.45) is 16.8 Å². The van der Waals surface area contributed by atoms with Gasteiger partial charge in [0.15, 0.2) is 0 Å². The maximum absolute atomic E-state index is 11.7. The smallest absolute Gasteiger partial charge is 0.340 e. The van der Waals surface area contributed by atoms with Crippen molar-refractivity contribution in [2.75, 3.05) is 39.9 Å². The number of aliphatic hydroxyl groups is 1. The van der Waals surface area contributed by atoms with E-state index in [0.29, 0.717) is 26.2 Å². The van der Waals surface area contributed by atoms with Crippen LogP contribution in [0.25, 0.3) is 0 Å². The topological polar surface area (TPSA) is 96.1 Å². The van der Waals surface area contributed by atoms with E-state index in [2.05, 4.69) is 0 Å². The quantitative estimate of drug-likeness (QED) is 0.758. The van der Waals surface area contributed by atoms with Crippen molar-refractivity contribution >= 4 is 13.6 Å². The first-order chi connectivity index (χ1) is 9.94. The molecule has 1 rings (SSSR count). The average Bonchev–Trinajstić information content (AvgIpc) is 2.46. The van der Waals surface area contributed by atoms with E-state index < -0.39 is 7.67 Å². The van der Waals surface area contributed by atoms with Crippen LogP contribution < -0.4 is 5.50 Å². The molecule has 0 aromatic carbocycles. The molecule has 1 amide bonds. The van der Waals surface area contributed by atoms with Crippen LogP contribution in [0.4, 0.5) is 0 Å². The number of rotatable bonds is 3. The lowest BCUT2D eigenvalue weighted by Crippen LogP contribution is -2.49. The molecule has 0 aromatic heterocycles. The van der Waals surface area contributed by atoms with Gasteiger partial charge < -0.3 is 14.5 Å². The molecule has 0 spiro atoms. The van der Waals surface area contributed by atoms with Crippen molar-refractivity contribution in [2.45, 2.75) is 34.6 Å². The van der Waals surface area contributed by atoms with Crippen molar-refractivity contribution in [1.29, 1.82) is 0 Å². The van der Waals surface area contributed by atoms with Crippen LogP contribution in [0, 0.1) is 11.3 Å². The first-order valence-corrected chi connectivity index (χ1v) is 9.18. The van der Waals surface area contributed by atoms with Crippen LogP contribution in [0.3, 0.4) is 0 Å². The Balaban J connectivity index is 0.000000626. The van der Waals surface area contributed by atoms with E-state index in [1.54, 1.807) is 9.57 Å². The third kappa shape index (κ3) is 7.70. The fraction of sp³-hybridized carbons (Fsp3) is 0.929. The Morgan fingerprint density at radius 1 is 1.27 bits per heavy atom. The predicted octanol–water partition coefficient (Wildman–Crippen LogP) is 1.52. The van der Waals surface area contributed by atoms with Crippen LogP contribution in [0.1, 0.15) is 34.6 Å². The summed E-state index contributed by atoms with van der Waals surface area (Å²) in [5, 5.41) is 8.40. The molecule has 1 heterocycles. The monoisotopic (exact) mass is 337 g/mol. The van der Waals surface area contributed by atoms with Crippen molar-refractivity contribution in [3.63, 3.8) is 0 Å². The van der Waals surface area contributed by atoms with Gasteiger partial charge in [0.05, 0.1) is 0 Å². The first kappa shape index (κ1) is 21.5. The number of carbonyl (C=O) groups is 1. The standard InChI is InChI=1S/C9H20N3O3P.C5H12O/c1-8(2)9(13)11-4-6-12(7-5-11)16(10,14)15-3;1-5(2,3)4-6/h8H,4-7H2,1-3H3,(H2,10,14);6H,4H2,1-3H3. The van der Waals surface area contributed by atoms with Gasteiger partial charge in [-0.05, 0) is 5.41 Å². The average molecular weight is 337 g/mol. The Morgan fingerprint density at radius 2 is 1.68 bits per heavy atom. The van der Waals surface area contributed by atoms with Crippen LogP contribution in [-0.4, -0.2) is 60.5 Å². The van der Waals surface area contributed by atoms with Gasteiger partial charge in [-0.1, -0.05) is 34.6 Å². The van der Waals surface area contributed by atoms with Crippen LogP contribution in [0.2, 0.25) is 0 Å². The summed E-state index contributed by atoms with van der Waals surface area (Å²) in [5.74, 6) is 0.127. The highest BCUT2D eigenvalue weighted by Crippen LogP contribution is 2.41. The number of nitrogens with two attached hydrogens (primary N) is 1. The molecule has 22 heavy (non-hydrogen) atoms. The third-order valence-corrected chi connectivity index (χ3v) is 4.90. The van der Waals surface area contributed by atoms with Crippen molar-refractivity contribution < 1.29 is 19.0 Å². The molecular weight excluding hydrogens is 305 g/mol. The number of hydrogen-bond donors (Lipinski definition) is 2. The normalized spacial score (nSPS) is 19.4. The van der Waals surface area contributed by atoms with Gasteiger partial charge in [-0.15, -0.1) is 0 Å². The molecular formula is C14H32N3O4P. The lowest BCUT2D eigenvalue weighted by molar-refractivity contribution is -0.135. The highest BCUT2D eigenvalue weighted by molar-refractivity contribution is 7.53. The van der Waals surface area contributed by atoms with Gasteiger partial charge in [-0.3, -0.25) is 9.36 Å². The SMILES string of the molecule is CC(C)(C)CO.COP(N)(=O)N1CCN(C(=O)C(C)C)CC1. The van der Waals surface area contributed by atoms with Crippen LogP contribution in [-0.2, 0) is 13.9 Å². The van der Waals surface area contributed by atoms with E-state index in [1.807, 2.05) is 34.6 Å². The number of nitrogens with zero attached hydrogens (tertiary/aromatic N) is 2. The first-order valence-electron chi connectivity index (χ1n) is 7.54. The molecule has 1 atom stereocenters. The van der Waals surface area contributed by atoms with Crippen LogP contribution >= 0.6 is 7.67 Å². The van der Waals surface area contributed by atoms with Gasteiger partial charge in [0.2, 0.25) is 5.91 Å². The molecule has 1 aliphatic heterocycles. The summed E-state index contributed by atoms with van der Waals surface area (Å²) in [6.45, 7) is 12.1. The molecule has 0 radical (unpaired) electrons. The highest BCUT2D eigenvalue weighted by atomic mass is 31.2. The number of amides is 1. The Kier molecular flexibility index (Phi) is 8.80. The maximum Gasteiger partial charge on any atom is 0.340 e. The molecule has 7 nitrogen and oxygen atoms in total. The zero-order chi connectivity index (χ0) is 17.6. The summed E-state index contributed by atoms with van der Waals surface area (Å²) in [6.07, 6.45) is 0. The van der Waals surface area contributed by atoms with Gasteiger partial charge in [-0.25, -0.2) is 10.2 Å². The lowest BCUT2D eigenvalue weighted by atomic mass is 9.99. The number of aliphatic hydroxyl groups excluding tert-OH is 1. The summed E-state index contributed by atoms with van der Waals surface area (Å²) >= 11 is 0. The predicted molar refractivity (Wildman–Crippen MR) is 88.3 cm³/mol. The Hall–Kier alpha value is -0.460. The summed E-state index contributed by atoms with van der Waals surface area (Å²) < 4.78 is 18.1. The van der Waals surface area contributed by atoms with Gasteiger partial charge in [0, 0.05) is 45.8 Å². The second-order valence-electron chi connectivity index (χ2n) is 6.90. The zero-order valence-electron chi connectivity index (χ0n) is 14.7. The van der Waals surface area contributed by atoms with E-state index in [0.717, 1.165) is 0 Å². The molecule has 1 unspecified atom stereocenters. The summed E-state index contributed by atoms with van der Waals surface area (Å²) in [6, 6.07) is 0. The van der Waals surface area contributed by atoms with Gasteiger partial charge in [-0.2, -0.15) is 0 Å². The zero-order valence-corrected chi connectivity index (χ0v) is 15.6. The minimum atomic E-state index is -3.13. The molecule has 1 aliphatic rings. The summed E-state index contributed by atoms with van der Waals surface area (Å²) in [5.41, 5.74) is 5.63. The molecule has 1 saturated heterocycles. The van der Waals surface area contributed by atoms with E-state index in [4.69, 9.17) is 15.1 Å². The number of carbonyl (C=O) groups excluding carboxylic acids is 1. The van der Waals surface area contributed by atoms with E-state index in [-0.39, 0.29) is 23.8 Å². The second kappa shape index (κ2) is 8.99. The van der Waals surface area contributed by atoms with Gasteiger partial charge >= 0.3 is 7.67 Å². The van der Waals surface area contributed by atoms with Crippen molar-refractivity contribution in [3.05, 3.63) is 0 Å². The largest absolute Gasteiger partial charge is 0.396 e. The van der Waals surface area contributed by atoms with Gasteiger partial charge in [0.25, 0.3) is 0 Å². The maximum atomic E-state index is 11.7. The second-order valence-corrected chi connectivity index (χ2v) is 8.96. The molecule has 3 N–H and O–H groups in total. The molecule has 0 bridgehead atoms. The van der Waals surface area contributed by atoms with E-state index in [1.165, 1.54) is 7.11 Å². The minimum Gasteiger partial charge on any atom is -0.396 e. The molecule has 0 aliphatic carbocycles. The molecule has 1 fully saturated rings. The molecule has 0 saturated carbocycles. The fourth-order valence-electron chi connectivity index (χ4n) is 1.68. The lowest BCUT2D eigenvalue weighted by Gasteiger charge is -2.36. The Morgan fingerprint density at radius 3 is 1.95 bits per heavy atom. The summed E-state index contributed by atoms with van der Waals surface area (Å²) in [7, 11) is -1.79. The van der Waals surface area contributed by atoms with Gasteiger partial charge in [0.1, 0.15) is 0 Å². The molecule has 132 valence electrons. The number of hydrogen-bond acceptors (Lipinski definition) is 4. The van der Waals surface area contributed by atoms with Crippen molar-refractivity contribution in [1.82, 2.24) is 9.57 Å². The highest BCUT2D eigenvalue weighted by Gasteiger charge is 2.31. The van der Waals surface area contributed by atoms with Crippen LogP contribution in [0.15, 0.2) is 0 Å². The Bertz CT molecular complexity index is 388. The Labute approximate surface area is 134 Å². The van der Waals surface area contributed by atoms with Crippen LogP contribution in [0.5, 0.6) is 0 Å². The molecule has 8 heteroatoms. The molecule has 0 aromatic rings. The van der Waals surface area contributed by atoms with Crippen molar-refractivity contribution in [3.8, 4) is 0 Å². The van der Waals surface area contributed by atoms with E-state index >= 15 is 0 Å². The number of piperazine rings is 1. The fourth-order valence-corrected chi connectivity index (χ4v) is 2.64.